The average Bonchev–Trinajstić information content (AvgIpc) is 3.46. The average molecular weight is 475 g/mol. The Hall–Kier alpha value is -3.35. The first-order chi connectivity index (χ1) is 17.0. The lowest BCUT2D eigenvalue weighted by atomic mass is 9.71. The predicted molar refractivity (Wildman–Crippen MR) is 129 cm³/mol. The number of aliphatic carboxylic acids is 1. The van der Waals surface area contributed by atoms with Crippen molar-refractivity contribution in [3.63, 3.8) is 0 Å². The molecule has 0 bridgehead atoms. The molecule has 6 unspecified atom stereocenters. The molecule has 2 amide bonds. The summed E-state index contributed by atoms with van der Waals surface area (Å²) in [6.45, 7) is 0.697. The van der Waals surface area contributed by atoms with Crippen LogP contribution in [-0.2, 0) is 14.3 Å². The van der Waals surface area contributed by atoms with E-state index in [0.717, 1.165) is 19.3 Å². The molecule has 7 nitrogen and oxygen atoms in total. The highest BCUT2D eigenvalue weighted by atomic mass is 16.5. The number of carboxylic acid groups (broad SMARTS) is 1. The fraction of sp³-hybridized carbons (Fsp3) is 0.464. The van der Waals surface area contributed by atoms with Crippen LogP contribution in [0.5, 0.6) is 0 Å². The van der Waals surface area contributed by atoms with Crippen molar-refractivity contribution in [2.24, 2.45) is 29.6 Å². The van der Waals surface area contributed by atoms with Crippen molar-refractivity contribution in [3.8, 4) is 11.1 Å². The van der Waals surface area contributed by atoms with Crippen LogP contribution in [0, 0.1) is 29.6 Å². The molecule has 182 valence electrons. The minimum Gasteiger partial charge on any atom is -0.481 e. The Balaban J connectivity index is 0.950. The van der Waals surface area contributed by atoms with Crippen molar-refractivity contribution in [1.29, 1.82) is 0 Å². The zero-order valence-corrected chi connectivity index (χ0v) is 19.5. The third kappa shape index (κ3) is 4.07. The van der Waals surface area contributed by atoms with Crippen molar-refractivity contribution in [2.75, 3.05) is 13.2 Å². The first-order valence-electron chi connectivity index (χ1n) is 12.6. The van der Waals surface area contributed by atoms with Gasteiger partial charge >= 0.3 is 12.1 Å². The fourth-order valence-electron chi connectivity index (χ4n) is 6.54. The zero-order chi connectivity index (χ0) is 24.1. The standard InChI is InChI=1S/C28H30N2O5/c31-26(30-25-12-15-9-16(27(32)33)10-22(15)25)23-11-17(23)13-29-28(34)35-14-24-20-7-3-1-5-18(20)19-6-2-4-8-21(19)24/h1-8,15-17,22-25H,9-14H2,(H,29,34)(H,30,31)(H,32,33). The largest absolute Gasteiger partial charge is 0.481 e. The number of rotatable bonds is 7. The van der Waals surface area contributed by atoms with Crippen molar-refractivity contribution in [3.05, 3.63) is 59.7 Å². The molecule has 2 aromatic rings. The summed E-state index contributed by atoms with van der Waals surface area (Å²) in [5.74, 6) is -0.140. The quantitative estimate of drug-likeness (QED) is 0.567. The molecular weight excluding hydrogens is 444 g/mol. The van der Waals surface area contributed by atoms with Crippen LogP contribution in [0.15, 0.2) is 48.5 Å². The third-order valence-corrected chi connectivity index (χ3v) is 8.61. The first-order valence-corrected chi connectivity index (χ1v) is 12.6. The number of carboxylic acids is 1. The summed E-state index contributed by atoms with van der Waals surface area (Å²) in [5.41, 5.74) is 4.74. The van der Waals surface area contributed by atoms with Crippen LogP contribution in [0.4, 0.5) is 4.79 Å². The van der Waals surface area contributed by atoms with E-state index < -0.39 is 12.1 Å². The summed E-state index contributed by atoms with van der Waals surface area (Å²) in [6.07, 6.45) is 2.60. The number of alkyl carbamates (subject to hydrolysis) is 1. The van der Waals surface area contributed by atoms with E-state index in [-0.39, 0.29) is 42.2 Å². The second-order valence-corrected chi connectivity index (χ2v) is 10.6. The number of ether oxygens (including phenoxy) is 1. The summed E-state index contributed by atoms with van der Waals surface area (Å²) < 4.78 is 5.58. The van der Waals surface area contributed by atoms with Crippen LogP contribution in [0.2, 0.25) is 0 Å². The molecule has 6 atom stereocenters. The van der Waals surface area contributed by atoms with Gasteiger partial charge in [0.05, 0.1) is 5.92 Å². The lowest BCUT2D eigenvalue weighted by molar-refractivity contribution is -0.141. The third-order valence-electron chi connectivity index (χ3n) is 8.61. The van der Waals surface area contributed by atoms with Crippen molar-refractivity contribution >= 4 is 18.0 Å². The van der Waals surface area contributed by atoms with Gasteiger partial charge in [0.1, 0.15) is 6.61 Å². The summed E-state index contributed by atoms with van der Waals surface area (Å²) in [4.78, 5) is 36.3. The van der Waals surface area contributed by atoms with E-state index >= 15 is 0 Å². The Morgan fingerprint density at radius 1 is 0.914 bits per heavy atom. The number of hydrogen-bond donors (Lipinski definition) is 3. The van der Waals surface area contributed by atoms with Gasteiger partial charge in [-0.2, -0.15) is 0 Å². The Labute approximate surface area is 204 Å². The summed E-state index contributed by atoms with van der Waals surface area (Å²) in [5, 5.41) is 15.2. The number of carbonyl (C=O) groups is 3. The highest BCUT2D eigenvalue weighted by molar-refractivity contribution is 5.82. The van der Waals surface area contributed by atoms with E-state index in [1.54, 1.807) is 0 Å². The summed E-state index contributed by atoms with van der Waals surface area (Å²) in [6, 6.07) is 16.6. The number of nitrogens with one attached hydrogen (secondary N) is 2. The second kappa shape index (κ2) is 8.70. The topological polar surface area (TPSA) is 105 Å². The predicted octanol–water partition coefficient (Wildman–Crippen LogP) is 3.78. The monoisotopic (exact) mass is 474 g/mol. The maximum Gasteiger partial charge on any atom is 0.407 e. The number of benzene rings is 2. The normalized spacial score (nSPS) is 29.8. The SMILES string of the molecule is O=C(NCC1CC1C(=O)NC1CC2CC(C(=O)O)CC21)OCC1c2ccccc2-c2ccccc21. The van der Waals surface area contributed by atoms with Gasteiger partial charge in [-0.25, -0.2) is 4.79 Å². The van der Waals surface area contributed by atoms with Crippen molar-refractivity contribution in [2.45, 2.75) is 37.6 Å². The van der Waals surface area contributed by atoms with Gasteiger partial charge in [0, 0.05) is 24.4 Å². The maximum absolute atomic E-state index is 12.6. The highest BCUT2D eigenvalue weighted by Crippen LogP contribution is 2.50. The molecule has 3 fully saturated rings. The number of carbonyl (C=O) groups excluding carboxylic acids is 2. The molecular formula is C28H30N2O5. The Kier molecular flexibility index (Phi) is 5.50. The number of amides is 2. The Morgan fingerprint density at radius 3 is 2.29 bits per heavy atom. The number of hydrogen-bond acceptors (Lipinski definition) is 4. The van der Waals surface area contributed by atoms with Gasteiger partial charge in [-0.3, -0.25) is 9.59 Å². The van der Waals surface area contributed by atoms with Crippen LogP contribution in [-0.4, -0.2) is 42.3 Å². The molecule has 3 N–H and O–H groups in total. The minimum absolute atomic E-state index is 0.0233. The van der Waals surface area contributed by atoms with E-state index in [4.69, 9.17) is 4.74 Å². The van der Waals surface area contributed by atoms with E-state index in [1.807, 2.05) is 24.3 Å². The Morgan fingerprint density at radius 2 is 1.60 bits per heavy atom. The van der Waals surface area contributed by atoms with Gasteiger partial charge in [0.15, 0.2) is 0 Å². The van der Waals surface area contributed by atoms with Gasteiger partial charge in [0.2, 0.25) is 5.91 Å². The Bertz CT molecular complexity index is 1130. The van der Waals surface area contributed by atoms with Gasteiger partial charge in [-0.15, -0.1) is 0 Å². The van der Waals surface area contributed by atoms with Gasteiger partial charge in [-0.1, -0.05) is 48.5 Å². The number of fused-ring (bicyclic) bond motifs is 4. The molecule has 0 saturated heterocycles. The summed E-state index contributed by atoms with van der Waals surface area (Å²) in [7, 11) is 0. The molecule has 0 radical (unpaired) electrons. The second-order valence-electron chi connectivity index (χ2n) is 10.6. The first kappa shape index (κ1) is 22.1. The van der Waals surface area contributed by atoms with E-state index in [1.165, 1.54) is 22.3 Å². The molecule has 4 aliphatic carbocycles. The molecule has 35 heavy (non-hydrogen) atoms. The van der Waals surface area contributed by atoms with E-state index in [2.05, 4.69) is 34.9 Å². The smallest absolute Gasteiger partial charge is 0.407 e. The zero-order valence-electron chi connectivity index (χ0n) is 19.5. The lowest BCUT2D eigenvalue weighted by Crippen LogP contribution is -2.51. The molecule has 0 heterocycles. The highest BCUT2D eigenvalue weighted by Gasteiger charge is 2.51. The van der Waals surface area contributed by atoms with Crippen molar-refractivity contribution in [1.82, 2.24) is 10.6 Å². The fourth-order valence-corrected chi connectivity index (χ4v) is 6.54. The van der Waals surface area contributed by atoms with E-state index in [0.29, 0.717) is 24.8 Å². The van der Waals surface area contributed by atoms with Crippen molar-refractivity contribution < 1.29 is 24.2 Å². The van der Waals surface area contributed by atoms with Crippen LogP contribution in [0.1, 0.15) is 42.7 Å². The molecule has 0 aromatic heterocycles. The molecule has 0 aliphatic heterocycles. The molecule has 7 heteroatoms. The molecule has 2 aromatic carbocycles. The van der Waals surface area contributed by atoms with Crippen LogP contribution in [0.25, 0.3) is 11.1 Å². The molecule has 4 aliphatic rings. The van der Waals surface area contributed by atoms with E-state index in [9.17, 15) is 19.5 Å². The molecule has 6 rings (SSSR count). The van der Waals surface area contributed by atoms with Crippen LogP contribution >= 0.6 is 0 Å². The van der Waals surface area contributed by atoms with Crippen LogP contribution in [0.3, 0.4) is 0 Å². The van der Waals surface area contributed by atoms with Gasteiger partial charge in [-0.05, 0) is 65.7 Å². The molecule has 3 saturated carbocycles. The maximum atomic E-state index is 12.6. The molecule has 0 spiro atoms. The minimum atomic E-state index is -0.717. The van der Waals surface area contributed by atoms with Gasteiger partial charge in [0.25, 0.3) is 0 Å². The lowest BCUT2D eigenvalue weighted by Gasteiger charge is -2.40. The summed E-state index contributed by atoms with van der Waals surface area (Å²) >= 11 is 0. The van der Waals surface area contributed by atoms with Crippen LogP contribution < -0.4 is 10.6 Å². The van der Waals surface area contributed by atoms with Gasteiger partial charge < -0.3 is 20.5 Å².